The summed E-state index contributed by atoms with van der Waals surface area (Å²) in [7, 11) is 0. The van der Waals surface area contributed by atoms with Crippen molar-refractivity contribution in [3.8, 4) is 5.75 Å². The number of benzene rings is 1. The first kappa shape index (κ1) is 16.5. The first-order valence-corrected chi connectivity index (χ1v) is 8.36. The number of nitrogens with one attached hydrogen (secondary N) is 1. The summed E-state index contributed by atoms with van der Waals surface area (Å²) in [6, 6.07) is 9.16. The second kappa shape index (κ2) is 7.49. The molecule has 1 aromatic heterocycles. The van der Waals surface area contributed by atoms with Gasteiger partial charge in [0.15, 0.2) is 0 Å². The van der Waals surface area contributed by atoms with Gasteiger partial charge in [-0.25, -0.2) is 0 Å². The van der Waals surface area contributed by atoms with Gasteiger partial charge in [0.1, 0.15) is 12.4 Å². The van der Waals surface area contributed by atoms with Crippen LogP contribution in [0.4, 0.5) is 5.69 Å². The molecule has 0 unspecified atom stereocenters. The average Bonchev–Trinajstić information content (AvgIpc) is 3.19. The standard InChI is InChI=1S/C18H23N3O3/c22-17(14-18(23)7-1-2-8-18)20-15-5-3-6-16(13-15)24-12-11-21-10-4-9-19-21/h3-6,9-10,13,23H,1-2,7-8,11-12,14H2,(H,20,22). The number of carbonyl (C=O) groups is 1. The molecule has 1 amide bonds. The van der Waals surface area contributed by atoms with E-state index in [9.17, 15) is 9.90 Å². The second-order valence-electron chi connectivity index (χ2n) is 6.30. The Bertz CT molecular complexity index is 664. The Morgan fingerprint density at radius 1 is 1.33 bits per heavy atom. The molecular weight excluding hydrogens is 306 g/mol. The lowest BCUT2D eigenvalue weighted by Gasteiger charge is -2.21. The Balaban J connectivity index is 1.50. The molecule has 1 heterocycles. The van der Waals surface area contributed by atoms with Gasteiger partial charge < -0.3 is 15.2 Å². The molecule has 3 rings (SSSR count). The fourth-order valence-corrected chi connectivity index (χ4v) is 3.07. The maximum atomic E-state index is 12.1. The van der Waals surface area contributed by atoms with E-state index in [2.05, 4.69) is 10.4 Å². The molecule has 0 aliphatic heterocycles. The van der Waals surface area contributed by atoms with Gasteiger partial charge in [0.2, 0.25) is 5.91 Å². The van der Waals surface area contributed by atoms with E-state index in [1.54, 1.807) is 16.9 Å². The molecule has 128 valence electrons. The van der Waals surface area contributed by atoms with E-state index in [1.807, 2.05) is 30.5 Å². The van der Waals surface area contributed by atoms with Gasteiger partial charge in [-0.2, -0.15) is 5.10 Å². The molecule has 1 aromatic carbocycles. The van der Waals surface area contributed by atoms with Crippen molar-refractivity contribution in [2.24, 2.45) is 0 Å². The molecule has 1 aliphatic carbocycles. The Kier molecular flexibility index (Phi) is 5.15. The van der Waals surface area contributed by atoms with E-state index in [4.69, 9.17) is 4.74 Å². The predicted molar refractivity (Wildman–Crippen MR) is 90.8 cm³/mol. The van der Waals surface area contributed by atoms with E-state index < -0.39 is 5.60 Å². The van der Waals surface area contributed by atoms with Crippen molar-refractivity contribution < 1.29 is 14.6 Å². The molecule has 2 N–H and O–H groups in total. The van der Waals surface area contributed by atoms with Gasteiger partial charge in [0.25, 0.3) is 0 Å². The van der Waals surface area contributed by atoms with E-state index in [0.717, 1.165) is 12.8 Å². The van der Waals surface area contributed by atoms with Crippen LogP contribution in [-0.2, 0) is 11.3 Å². The van der Waals surface area contributed by atoms with Gasteiger partial charge in [-0.3, -0.25) is 9.48 Å². The van der Waals surface area contributed by atoms with Crippen LogP contribution in [0, 0.1) is 0 Å². The summed E-state index contributed by atoms with van der Waals surface area (Å²) < 4.78 is 7.49. The number of aliphatic hydroxyl groups is 1. The van der Waals surface area contributed by atoms with Crippen molar-refractivity contribution in [2.45, 2.75) is 44.2 Å². The summed E-state index contributed by atoms with van der Waals surface area (Å²) in [5, 5.41) is 17.3. The number of carbonyl (C=O) groups excluding carboxylic acids is 1. The smallest absolute Gasteiger partial charge is 0.227 e. The van der Waals surface area contributed by atoms with E-state index >= 15 is 0 Å². The number of nitrogens with zero attached hydrogens (tertiary/aromatic N) is 2. The van der Waals surface area contributed by atoms with Gasteiger partial charge in [-0.15, -0.1) is 0 Å². The van der Waals surface area contributed by atoms with Crippen molar-refractivity contribution in [3.63, 3.8) is 0 Å². The lowest BCUT2D eigenvalue weighted by Crippen LogP contribution is -2.30. The largest absolute Gasteiger partial charge is 0.492 e. The third-order valence-corrected chi connectivity index (χ3v) is 4.29. The molecule has 0 atom stereocenters. The number of amides is 1. The van der Waals surface area contributed by atoms with Crippen molar-refractivity contribution in [1.29, 1.82) is 0 Å². The SMILES string of the molecule is O=C(CC1(O)CCCC1)Nc1cccc(OCCn2cccn2)c1. The molecule has 0 saturated heterocycles. The number of ether oxygens (including phenoxy) is 1. The molecule has 24 heavy (non-hydrogen) atoms. The van der Waals surface area contributed by atoms with Crippen LogP contribution in [0.1, 0.15) is 32.1 Å². The average molecular weight is 329 g/mol. The fourth-order valence-electron chi connectivity index (χ4n) is 3.07. The molecule has 1 aliphatic rings. The summed E-state index contributed by atoms with van der Waals surface area (Å²) >= 11 is 0. The van der Waals surface area contributed by atoms with Crippen molar-refractivity contribution in [3.05, 3.63) is 42.7 Å². The maximum absolute atomic E-state index is 12.1. The monoisotopic (exact) mass is 329 g/mol. The van der Waals surface area contributed by atoms with E-state index in [-0.39, 0.29) is 12.3 Å². The Morgan fingerprint density at radius 3 is 2.92 bits per heavy atom. The minimum atomic E-state index is -0.831. The summed E-state index contributed by atoms with van der Waals surface area (Å²) in [4.78, 5) is 12.1. The highest BCUT2D eigenvalue weighted by Gasteiger charge is 2.33. The van der Waals surface area contributed by atoms with Gasteiger partial charge in [0.05, 0.1) is 18.6 Å². The second-order valence-corrected chi connectivity index (χ2v) is 6.30. The molecule has 0 radical (unpaired) electrons. The van der Waals surface area contributed by atoms with Crippen molar-refractivity contribution in [2.75, 3.05) is 11.9 Å². The Hall–Kier alpha value is -2.34. The van der Waals surface area contributed by atoms with Crippen LogP contribution in [0.2, 0.25) is 0 Å². The van der Waals surface area contributed by atoms with Crippen LogP contribution in [0.3, 0.4) is 0 Å². The lowest BCUT2D eigenvalue weighted by atomic mass is 9.97. The van der Waals surface area contributed by atoms with Crippen LogP contribution in [0.25, 0.3) is 0 Å². The Morgan fingerprint density at radius 2 is 2.17 bits per heavy atom. The quantitative estimate of drug-likeness (QED) is 0.818. The van der Waals surface area contributed by atoms with Gasteiger partial charge in [-0.05, 0) is 31.0 Å². The molecule has 2 aromatic rings. The molecule has 6 heteroatoms. The van der Waals surface area contributed by atoms with Crippen LogP contribution in [0.5, 0.6) is 5.75 Å². The van der Waals surface area contributed by atoms with E-state index in [0.29, 0.717) is 37.4 Å². The molecular formula is C18H23N3O3. The summed E-state index contributed by atoms with van der Waals surface area (Å²) in [5.41, 5.74) is -0.153. The fraction of sp³-hybridized carbons (Fsp3) is 0.444. The zero-order valence-corrected chi connectivity index (χ0v) is 13.6. The summed E-state index contributed by atoms with van der Waals surface area (Å²) in [6.45, 7) is 1.16. The van der Waals surface area contributed by atoms with Crippen LogP contribution in [0.15, 0.2) is 42.7 Å². The van der Waals surface area contributed by atoms with Crippen LogP contribution >= 0.6 is 0 Å². The third kappa shape index (κ3) is 4.58. The first-order chi connectivity index (χ1) is 11.6. The highest BCUT2D eigenvalue weighted by Crippen LogP contribution is 2.32. The van der Waals surface area contributed by atoms with Crippen molar-refractivity contribution >= 4 is 11.6 Å². The minimum Gasteiger partial charge on any atom is -0.492 e. The normalized spacial score (nSPS) is 16.0. The Labute approximate surface area is 141 Å². The molecule has 1 saturated carbocycles. The number of hydrogen-bond acceptors (Lipinski definition) is 4. The third-order valence-electron chi connectivity index (χ3n) is 4.29. The molecule has 1 fully saturated rings. The highest BCUT2D eigenvalue weighted by atomic mass is 16.5. The van der Waals surface area contributed by atoms with E-state index in [1.165, 1.54) is 0 Å². The highest BCUT2D eigenvalue weighted by molar-refractivity contribution is 5.91. The zero-order valence-electron chi connectivity index (χ0n) is 13.6. The summed E-state index contributed by atoms with van der Waals surface area (Å²) in [6.07, 6.45) is 7.15. The van der Waals surface area contributed by atoms with Gasteiger partial charge >= 0.3 is 0 Å². The number of anilines is 1. The summed E-state index contributed by atoms with van der Waals surface area (Å²) in [5.74, 6) is 0.535. The minimum absolute atomic E-state index is 0.150. The molecule has 0 bridgehead atoms. The molecule has 6 nitrogen and oxygen atoms in total. The topological polar surface area (TPSA) is 76.4 Å². The van der Waals surface area contributed by atoms with Gasteiger partial charge in [-0.1, -0.05) is 18.9 Å². The number of hydrogen-bond donors (Lipinski definition) is 2. The first-order valence-electron chi connectivity index (χ1n) is 8.36. The van der Waals surface area contributed by atoms with Crippen LogP contribution < -0.4 is 10.1 Å². The number of aromatic nitrogens is 2. The number of rotatable bonds is 7. The van der Waals surface area contributed by atoms with Crippen LogP contribution in [-0.4, -0.2) is 33.0 Å². The maximum Gasteiger partial charge on any atom is 0.227 e. The lowest BCUT2D eigenvalue weighted by molar-refractivity contribution is -0.120. The molecule has 0 spiro atoms. The zero-order chi connectivity index (χ0) is 16.8. The predicted octanol–water partition coefficient (Wildman–Crippen LogP) is 2.60. The van der Waals surface area contributed by atoms with Gasteiger partial charge in [0, 0.05) is 24.1 Å². The van der Waals surface area contributed by atoms with Crippen molar-refractivity contribution in [1.82, 2.24) is 9.78 Å².